The van der Waals surface area contributed by atoms with Crippen molar-refractivity contribution in [1.82, 2.24) is 0 Å². The number of carbonyl (C=O) groups excluding carboxylic acids is 1. The number of ketones is 1. The van der Waals surface area contributed by atoms with Crippen LogP contribution in [0.15, 0.2) is 12.1 Å². The van der Waals surface area contributed by atoms with E-state index in [0.29, 0.717) is 5.56 Å². The van der Waals surface area contributed by atoms with Crippen LogP contribution in [0.25, 0.3) is 0 Å². The number of hydrogen-bond donors (Lipinski definition) is 2. The van der Waals surface area contributed by atoms with Crippen LogP contribution in [-0.2, 0) is 11.2 Å². The lowest BCUT2D eigenvalue weighted by atomic mass is 10.1. The molecule has 0 bridgehead atoms. The van der Waals surface area contributed by atoms with Crippen LogP contribution in [0, 0.1) is 0 Å². The van der Waals surface area contributed by atoms with Gasteiger partial charge in [0.2, 0.25) is 5.75 Å². The maximum absolute atomic E-state index is 11.1. The average Bonchev–Trinajstić information content (AvgIpc) is 2.30. The van der Waals surface area contributed by atoms with Gasteiger partial charge in [0.05, 0.1) is 14.2 Å². The van der Waals surface area contributed by atoms with E-state index in [2.05, 4.69) is 0 Å². The molecule has 0 fully saturated rings. The Kier molecular flexibility index (Phi) is 4.13. The number of methoxy groups -OCH3 is 2. The first-order valence-electron chi connectivity index (χ1n) is 4.68. The van der Waals surface area contributed by atoms with Crippen molar-refractivity contribution in [1.29, 1.82) is 0 Å². The van der Waals surface area contributed by atoms with Gasteiger partial charge in [0, 0.05) is 6.42 Å². The van der Waals surface area contributed by atoms with E-state index in [1.54, 1.807) is 0 Å². The second-order valence-corrected chi connectivity index (χ2v) is 3.22. The fourth-order valence-corrected chi connectivity index (χ4v) is 1.33. The number of aliphatic hydroxyl groups excluding tert-OH is 1. The molecule has 5 heteroatoms. The quantitative estimate of drug-likeness (QED) is 0.765. The van der Waals surface area contributed by atoms with Gasteiger partial charge in [0.1, 0.15) is 6.61 Å². The molecule has 0 aromatic heterocycles. The predicted molar refractivity (Wildman–Crippen MR) is 57.0 cm³/mol. The summed E-state index contributed by atoms with van der Waals surface area (Å²) in [5, 5.41) is 18.3. The van der Waals surface area contributed by atoms with E-state index in [1.807, 2.05) is 0 Å². The molecule has 0 atom stereocenters. The topological polar surface area (TPSA) is 76.0 Å². The molecule has 0 radical (unpaired) electrons. The number of ether oxygens (including phenoxy) is 2. The van der Waals surface area contributed by atoms with E-state index in [0.717, 1.165) is 0 Å². The molecule has 0 aliphatic carbocycles. The Morgan fingerprint density at radius 2 is 1.75 bits per heavy atom. The van der Waals surface area contributed by atoms with Gasteiger partial charge >= 0.3 is 0 Å². The fraction of sp³-hybridized carbons (Fsp3) is 0.364. The van der Waals surface area contributed by atoms with Gasteiger partial charge in [-0.05, 0) is 17.7 Å². The number of phenolic OH excluding ortho intramolecular Hbond substituents is 1. The molecule has 5 nitrogen and oxygen atoms in total. The van der Waals surface area contributed by atoms with Crippen molar-refractivity contribution >= 4 is 5.78 Å². The Hall–Kier alpha value is -1.75. The summed E-state index contributed by atoms with van der Waals surface area (Å²) in [7, 11) is 2.82. The van der Waals surface area contributed by atoms with Crippen LogP contribution in [0.2, 0.25) is 0 Å². The monoisotopic (exact) mass is 226 g/mol. The molecular formula is C11H14O5. The van der Waals surface area contributed by atoms with E-state index in [4.69, 9.17) is 14.6 Å². The van der Waals surface area contributed by atoms with Crippen LogP contribution in [0.3, 0.4) is 0 Å². The van der Waals surface area contributed by atoms with Crippen LogP contribution in [0.4, 0.5) is 0 Å². The largest absolute Gasteiger partial charge is 0.502 e. The molecule has 0 amide bonds. The van der Waals surface area contributed by atoms with Crippen molar-refractivity contribution in [2.45, 2.75) is 6.42 Å². The van der Waals surface area contributed by atoms with Gasteiger partial charge in [0.25, 0.3) is 0 Å². The zero-order valence-corrected chi connectivity index (χ0v) is 9.19. The third kappa shape index (κ3) is 2.64. The zero-order chi connectivity index (χ0) is 12.1. The number of aliphatic hydroxyl groups is 1. The number of Topliss-reactive ketones (excluding diaryl/α,β-unsaturated/α-hetero) is 1. The highest BCUT2D eigenvalue weighted by atomic mass is 16.5. The van der Waals surface area contributed by atoms with E-state index in [-0.39, 0.29) is 29.5 Å². The Labute approximate surface area is 93.2 Å². The molecule has 0 unspecified atom stereocenters. The summed E-state index contributed by atoms with van der Waals surface area (Å²) in [6, 6.07) is 3.07. The van der Waals surface area contributed by atoms with Crippen LogP contribution in [0.1, 0.15) is 5.56 Å². The first-order chi connectivity index (χ1) is 7.62. The first kappa shape index (κ1) is 12.3. The molecule has 0 aliphatic rings. The van der Waals surface area contributed by atoms with Crippen molar-refractivity contribution in [3.63, 3.8) is 0 Å². The standard InChI is InChI=1S/C11H14O5/c1-15-9-4-7(3-8(13)6-12)5-10(16-2)11(9)14/h4-5,12,14H,3,6H2,1-2H3. The molecule has 1 aromatic rings. The van der Waals surface area contributed by atoms with Gasteiger partial charge in [-0.3, -0.25) is 4.79 Å². The smallest absolute Gasteiger partial charge is 0.200 e. The lowest BCUT2D eigenvalue weighted by molar-refractivity contribution is -0.121. The Morgan fingerprint density at radius 1 is 1.25 bits per heavy atom. The molecule has 1 aromatic carbocycles. The normalized spacial score (nSPS) is 9.94. The average molecular weight is 226 g/mol. The molecule has 88 valence electrons. The van der Waals surface area contributed by atoms with Crippen molar-refractivity contribution in [3.8, 4) is 17.2 Å². The number of benzene rings is 1. The number of rotatable bonds is 5. The van der Waals surface area contributed by atoms with E-state index in [9.17, 15) is 9.90 Å². The number of aromatic hydroxyl groups is 1. The fourth-order valence-electron chi connectivity index (χ4n) is 1.33. The van der Waals surface area contributed by atoms with Crippen molar-refractivity contribution < 1.29 is 24.5 Å². The molecule has 2 N–H and O–H groups in total. The summed E-state index contributed by atoms with van der Waals surface area (Å²) in [5.41, 5.74) is 0.616. The molecule has 1 rings (SSSR count). The van der Waals surface area contributed by atoms with Crippen molar-refractivity contribution in [2.75, 3.05) is 20.8 Å². The van der Waals surface area contributed by atoms with Crippen molar-refractivity contribution in [2.24, 2.45) is 0 Å². The maximum atomic E-state index is 11.1. The number of hydrogen-bond acceptors (Lipinski definition) is 5. The molecule has 0 spiro atoms. The molecule has 16 heavy (non-hydrogen) atoms. The van der Waals surface area contributed by atoms with E-state index < -0.39 is 6.61 Å². The second-order valence-electron chi connectivity index (χ2n) is 3.22. The minimum absolute atomic E-state index is 0.0729. The highest BCUT2D eigenvalue weighted by Gasteiger charge is 2.12. The minimum Gasteiger partial charge on any atom is -0.502 e. The van der Waals surface area contributed by atoms with Gasteiger partial charge in [0.15, 0.2) is 17.3 Å². The van der Waals surface area contributed by atoms with Crippen LogP contribution >= 0.6 is 0 Å². The van der Waals surface area contributed by atoms with Gasteiger partial charge in [-0.1, -0.05) is 0 Å². The van der Waals surface area contributed by atoms with Crippen LogP contribution < -0.4 is 9.47 Å². The Bertz CT molecular complexity index is 361. The minimum atomic E-state index is -0.508. The maximum Gasteiger partial charge on any atom is 0.200 e. The van der Waals surface area contributed by atoms with Gasteiger partial charge in [-0.15, -0.1) is 0 Å². The SMILES string of the molecule is COc1cc(CC(=O)CO)cc(OC)c1O. The third-order valence-electron chi connectivity index (χ3n) is 2.12. The summed E-state index contributed by atoms with van der Waals surface area (Å²) in [6.07, 6.45) is 0.0729. The van der Waals surface area contributed by atoms with Gasteiger partial charge < -0.3 is 19.7 Å². The van der Waals surface area contributed by atoms with Crippen LogP contribution in [-0.4, -0.2) is 36.8 Å². The summed E-state index contributed by atoms with van der Waals surface area (Å²) >= 11 is 0. The third-order valence-corrected chi connectivity index (χ3v) is 2.12. The summed E-state index contributed by atoms with van der Waals surface area (Å²) < 4.78 is 9.88. The van der Waals surface area contributed by atoms with Crippen LogP contribution in [0.5, 0.6) is 17.2 Å². The number of carbonyl (C=O) groups is 1. The summed E-state index contributed by atoms with van der Waals surface area (Å²) in [4.78, 5) is 11.1. The summed E-state index contributed by atoms with van der Waals surface area (Å²) in [5.74, 6) is 0.0557. The van der Waals surface area contributed by atoms with E-state index in [1.165, 1.54) is 26.4 Å². The highest BCUT2D eigenvalue weighted by Crippen LogP contribution is 2.37. The zero-order valence-electron chi connectivity index (χ0n) is 9.19. The predicted octanol–water partition coefficient (Wildman–Crippen LogP) is 0.513. The van der Waals surface area contributed by atoms with E-state index >= 15 is 0 Å². The molecule has 0 aliphatic heterocycles. The van der Waals surface area contributed by atoms with Gasteiger partial charge in [-0.25, -0.2) is 0 Å². The molecular weight excluding hydrogens is 212 g/mol. The highest BCUT2D eigenvalue weighted by molar-refractivity contribution is 5.82. The molecule has 0 heterocycles. The molecule has 0 saturated heterocycles. The van der Waals surface area contributed by atoms with Gasteiger partial charge in [-0.2, -0.15) is 0 Å². The Balaban J connectivity index is 3.06. The second kappa shape index (κ2) is 5.37. The lowest BCUT2D eigenvalue weighted by Crippen LogP contribution is -2.07. The first-order valence-corrected chi connectivity index (χ1v) is 4.68. The molecule has 0 saturated carbocycles. The Morgan fingerprint density at radius 3 is 2.12 bits per heavy atom. The summed E-state index contributed by atoms with van der Waals surface area (Å²) in [6.45, 7) is -0.508. The van der Waals surface area contributed by atoms with Crippen molar-refractivity contribution in [3.05, 3.63) is 17.7 Å². The number of phenols is 1. The lowest BCUT2D eigenvalue weighted by Gasteiger charge is -2.10.